The summed E-state index contributed by atoms with van der Waals surface area (Å²) in [4.78, 5) is 18.2. The molecule has 0 atom stereocenters. The first-order valence-corrected chi connectivity index (χ1v) is 5.03. The molecule has 0 fully saturated rings. The summed E-state index contributed by atoms with van der Waals surface area (Å²) in [5, 5.41) is 0.996. The van der Waals surface area contributed by atoms with Crippen LogP contribution in [-0.4, -0.2) is 21.6 Å². The van der Waals surface area contributed by atoms with Crippen LogP contribution in [0.1, 0.15) is 5.56 Å². The Labute approximate surface area is 91.8 Å². The molecule has 0 bridgehead atoms. The quantitative estimate of drug-likeness (QED) is 0.638. The Balaban J connectivity index is 2.36. The molecular formula is C11H9ClN2O. The number of rotatable bonds is 3. The maximum Gasteiger partial charge on any atom is 0.170 e. The maximum absolute atomic E-state index is 11.0. The fourth-order valence-electron chi connectivity index (χ4n) is 1.34. The molecule has 0 spiro atoms. The first-order valence-electron chi connectivity index (χ1n) is 4.50. The molecule has 76 valence electrons. The Morgan fingerprint density at radius 3 is 3.27 bits per heavy atom. The number of halogens is 1. The molecule has 2 aromatic rings. The second-order valence-electron chi connectivity index (χ2n) is 3.08. The van der Waals surface area contributed by atoms with Crippen LogP contribution in [0.15, 0.2) is 30.6 Å². The highest BCUT2D eigenvalue weighted by atomic mass is 35.5. The third kappa shape index (κ3) is 2.07. The third-order valence-electron chi connectivity index (χ3n) is 2.06. The fourth-order valence-corrected chi connectivity index (χ4v) is 1.43. The minimum atomic E-state index is -0.102. The molecule has 2 heterocycles. The second kappa shape index (κ2) is 4.28. The number of hydrogen-bond donors (Lipinski definition) is 1. The highest BCUT2D eigenvalue weighted by Crippen LogP contribution is 2.16. The van der Waals surface area contributed by atoms with Crippen LogP contribution in [0.4, 0.5) is 0 Å². The lowest BCUT2D eigenvalue weighted by molar-refractivity contribution is -0.112. The molecule has 2 rings (SSSR count). The summed E-state index contributed by atoms with van der Waals surface area (Å²) in [5.41, 5.74) is 1.76. The predicted molar refractivity (Wildman–Crippen MR) is 60.9 cm³/mol. The van der Waals surface area contributed by atoms with E-state index < -0.39 is 0 Å². The van der Waals surface area contributed by atoms with Gasteiger partial charge in [-0.15, -0.1) is 11.6 Å². The van der Waals surface area contributed by atoms with Crippen molar-refractivity contribution < 1.29 is 4.79 Å². The summed E-state index contributed by atoms with van der Waals surface area (Å²) in [5.74, 6) is -0.0909. The van der Waals surface area contributed by atoms with Crippen molar-refractivity contribution >= 4 is 34.5 Å². The molecule has 0 aromatic carbocycles. The molecule has 0 aliphatic rings. The van der Waals surface area contributed by atoms with E-state index in [9.17, 15) is 4.79 Å². The molecule has 2 aromatic heterocycles. The zero-order valence-electron chi connectivity index (χ0n) is 7.90. The molecule has 0 amide bonds. The van der Waals surface area contributed by atoms with Gasteiger partial charge in [-0.3, -0.25) is 4.79 Å². The monoisotopic (exact) mass is 220 g/mol. The Morgan fingerprint density at radius 1 is 1.60 bits per heavy atom. The van der Waals surface area contributed by atoms with Crippen molar-refractivity contribution in [3.05, 3.63) is 36.2 Å². The molecule has 4 heteroatoms. The largest absolute Gasteiger partial charge is 0.346 e. The number of fused-ring (bicyclic) bond motifs is 1. The number of aromatic amines is 1. The lowest BCUT2D eigenvalue weighted by atomic mass is 10.2. The number of pyridine rings is 1. The lowest BCUT2D eigenvalue weighted by Crippen LogP contribution is -1.91. The number of nitrogens with zero attached hydrogens (tertiary/aromatic N) is 1. The summed E-state index contributed by atoms with van der Waals surface area (Å²) in [6.45, 7) is 0. The second-order valence-corrected chi connectivity index (χ2v) is 3.34. The number of H-pyrrole nitrogens is 1. The summed E-state index contributed by atoms with van der Waals surface area (Å²) >= 11 is 5.39. The molecular weight excluding hydrogens is 212 g/mol. The zero-order chi connectivity index (χ0) is 10.7. The molecule has 15 heavy (non-hydrogen) atoms. The van der Waals surface area contributed by atoms with Gasteiger partial charge in [-0.25, -0.2) is 4.98 Å². The minimum absolute atomic E-state index is 0.0110. The van der Waals surface area contributed by atoms with Crippen LogP contribution in [0.2, 0.25) is 0 Å². The van der Waals surface area contributed by atoms with Gasteiger partial charge >= 0.3 is 0 Å². The molecule has 0 aliphatic carbocycles. The van der Waals surface area contributed by atoms with Crippen molar-refractivity contribution in [3.8, 4) is 0 Å². The van der Waals surface area contributed by atoms with E-state index in [1.54, 1.807) is 12.3 Å². The van der Waals surface area contributed by atoms with E-state index in [2.05, 4.69) is 9.97 Å². The molecule has 0 unspecified atom stereocenters. The van der Waals surface area contributed by atoms with Gasteiger partial charge in [0.2, 0.25) is 0 Å². The molecule has 0 saturated carbocycles. The van der Waals surface area contributed by atoms with Crippen LogP contribution in [0.3, 0.4) is 0 Å². The zero-order valence-corrected chi connectivity index (χ0v) is 8.66. The van der Waals surface area contributed by atoms with Crippen LogP contribution in [0, 0.1) is 0 Å². The van der Waals surface area contributed by atoms with Crippen molar-refractivity contribution in [1.29, 1.82) is 0 Å². The van der Waals surface area contributed by atoms with E-state index in [0.29, 0.717) is 0 Å². The van der Waals surface area contributed by atoms with Gasteiger partial charge < -0.3 is 4.98 Å². The van der Waals surface area contributed by atoms with Crippen molar-refractivity contribution in [1.82, 2.24) is 9.97 Å². The number of carbonyl (C=O) groups excluding carboxylic acids is 1. The summed E-state index contributed by atoms with van der Waals surface area (Å²) in [6, 6.07) is 3.81. The number of nitrogens with one attached hydrogen (secondary N) is 1. The predicted octanol–water partition coefficient (Wildman–Crippen LogP) is 2.38. The van der Waals surface area contributed by atoms with Crippen LogP contribution >= 0.6 is 11.6 Å². The fraction of sp³-hybridized carbons (Fsp3) is 0.0909. The van der Waals surface area contributed by atoms with Crippen LogP contribution in [0.25, 0.3) is 17.1 Å². The lowest BCUT2D eigenvalue weighted by Gasteiger charge is -1.89. The van der Waals surface area contributed by atoms with E-state index in [0.717, 1.165) is 16.6 Å². The topological polar surface area (TPSA) is 45.8 Å². The third-order valence-corrected chi connectivity index (χ3v) is 2.33. The van der Waals surface area contributed by atoms with Crippen molar-refractivity contribution in [2.75, 3.05) is 5.88 Å². The summed E-state index contributed by atoms with van der Waals surface area (Å²) in [7, 11) is 0. The van der Waals surface area contributed by atoms with E-state index in [1.807, 2.05) is 18.3 Å². The Bertz CT molecular complexity index is 516. The average molecular weight is 221 g/mol. The normalized spacial score (nSPS) is 11.3. The smallest absolute Gasteiger partial charge is 0.170 e. The van der Waals surface area contributed by atoms with Gasteiger partial charge in [0.15, 0.2) is 5.78 Å². The SMILES string of the molecule is O=C(C=Cc1c[nH]c2ncccc12)CCl. The summed E-state index contributed by atoms with van der Waals surface area (Å²) in [6.07, 6.45) is 6.75. The number of alkyl halides is 1. The van der Waals surface area contributed by atoms with E-state index in [4.69, 9.17) is 11.6 Å². The molecule has 1 N–H and O–H groups in total. The van der Waals surface area contributed by atoms with Gasteiger partial charge in [-0.2, -0.15) is 0 Å². The molecule has 0 radical (unpaired) electrons. The highest BCUT2D eigenvalue weighted by molar-refractivity contribution is 6.29. The van der Waals surface area contributed by atoms with Gasteiger partial charge in [0.1, 0.15) is 5.65 Å². The number of ketones is 1. The summed E-state index contributed by atoms with van der Waals surface area (Å²) < 4.78 is 0. The Morgan fingerprint density at radius 2 is 2.47 bits per heavy atom. The molecule has 0 aliphatic heterocycles. The van der Waals surface area contributed by atoms with Gasteiger partial charge in [0, 0.05) is 23.3 Å². The number of aromatic nitrogens is 2. The van der Waals surface area contributed by atoms with Crippen LogP contribution in [-0.2, 0) is 4.79 Å². The first-order chi connectivity index (χ1) is 7.31. The van der Waals surface area contributed by atoms with E-state index in [1.165, 1.54) is 6.08 Å². The van der Waals surface area contributed by atoms with Crippen molar-refractivity contribution in [2.45, 2.75) is 0 Å². The number of hydrogen-bond acceptors (Lipinski definition) is 2. The number of carbonyl (C=O) groups is 1. The minimum Gasteiger partial charge on any atom is -0.346 e. The Kier molecular flexibility index (Phi) is 2.83. The van der Waals surface area contributed by atoms with E-state index in [-0.39, 0.29) is 11.7 Å². The highest BCUT2D eigenvalue weighted by Gasteiger charge is 2.00. The van der Waals surface area contributed by atoms with Gasteiger partial charge in [-0.1, -0.05) is 0 Å². The van der Waals surface area contributed by atoms with Crippen LogP contribution < -0.4 is 0 Å². The Hall–Kier alpha value is -1.61. The molecule has 3 nitrogen and oxygen atoms in total. The van der Waals surface area contributed by atoms with E-state index >= 15 is 0 Å². The molecule has 0 saturated heterocycles. The van der Waals surface area contributed by atoms with Gasteiger partial charge in [0.05, 0.1) is 5.88 Å². The first kappa shape index (κ1) is 9.93. The maximum atomic E-state index is 11.0. The van der Waals surface area contributed by atoms with Gasteiger partial charge in [0.25, 0.3) is 0 Å². The number of allylic oxidation sites excluding steroid dienone is 1. The van der Waals surface area contributed by atoms with Gasteiger partial charge in [-0.05, 0) is 24.3 Å². The average Bonchev–Trinajstić information content (AvgIpc) is 2.69. The van der Waals surface area contributed by atoms with Crippen molar-refractivity contribution in [2.24, 2.45) is 0 Å². The standard InChI is InChI=1S/C11H9ClN2O/c12-6-9(15)4-3-8-7-14-11-10(8)2-1-5-13-11/h1-5,7H,6H2,(H,13,14). The van der Waals surface area contributed by atoms with Crippen molar-refractivity contribution in [3.63, 3.8) is 0 Å². The van der Waals surface area contributed by atoms with Crippen LogP contribution in [0.5, 0.6) is 0 Å².